The van der Waals surface area contributed by atoms with Gasteiger partial charge in [0, 0.05) is 31.9 Å². The number of benzene rings is 1. The molecular weight excluding hydrogens is 218 g/mol. The van der Waals surface area contributed by atoms with Crippen LogP contribution in [0.25, 0.3) is 0 Å². The van der Waals surface area contributed by atoms with Gasteiger partial charge in [0.15, 0.2) is 0 Å². The Hall–Kier alpha value is -0.565. The van der Waals surface area contributed by atoms with Crippen LogP contribution in [0.15, 0.2) is 24.3 Å². The maximum Gasteiger partial charge on any atom is 0.376 e. The quantitative estimate of drug-likeness (QED) is 0.595. The van der Waals surface area contributed by atoms with Crippen LogP contribution in [0.1, 0.15) is 0 Å². The van der Waals surface area contributed by atoms with Crippen LogP contribution in [-0.2, 0) is 0 Å². The molecule has 0 spiro atoms. The molecule has 1 heterocycles. The second-order valence-corrected chi connectivity index (χ2v) is 4.91. The molecule has 1 atom stereocenters. The van der Waals surface area contributed by atoms with Crippen molar-refractivity contribution in [1.82, 2.24) is 4.81 Å². The summed E-state index contributed by atoms with van der Waals surface area (Å²) in [6.07, 6.45) is 0. The first kappa shape index (κ1) is 11.9. The zero-order valence-electron chi connectivity index (χ0n) is 9.63. The number of rotatable bonds is 2. The maximum absolute atomic E-state index is 9.48. The third-order valence-electron chi connectivity index (χ3n) is 3.10. The molecular formula is C11H18BN2OP. The van der Waals surface area contributed by atoms with Crippen molar-refractivity contribution in [3.8, 4) is 0 Å². The Kier molecular flexibility index (Phi) is 3.85. The van der Waals surface area contributed by atoms with E-state index in [1.807, 2.05) is 6.82 Å². The van der Waals surface area contributed by atoms with Gasteiger partial charge in [-0.1, -0.05) is 12.1 Å². The lowest BCUT2D eigenvalue weighted by molar-refractivity contribution is 0.344. The summed E-state index contributed by atoms with van der Waals surface area (Å²) in [6.45, 7) is 5.67. The van der Waals surface area contributed by atoms with Crippen LogP contribution in [0.3, 0.4) is 0 Å². The molecule has 0 amide bonds. The van der Waals surface area contributed by atoms with Crippen molar-refractivity contribution in [2.24, 2.45) is 0 Å². The first-order chi connectivity index (χ1) is 7.66. The Morgan fingerprint density at radius 2 is 1.69 bits per heavy atom. The SMILES string of the molecule is CB(O)N1CCN(c2ccc(P)cc2)CC1. The molecule has 1 unspecified atom stereocenters. The van der Waals surface area contributed by atoms with Gasteiger partial charge in [-0.3, -0.25) is 0 Å². The summed E-state index contributed by atoms with van der Waals surface area (Å²) in [5, 5.41) is 10.7. The van der Waals surface area contributed by atoms with E-state index in [9.17, 15) is 5.02 Å². The second kappa shape index (κ2) is 5.18. The Labute approximate surface area is 99.8 Å². The predicted molar refractivity (Wildman–Crippen MR) is 73.4 cm³/mol. The number of hydrogen-bond acceptors (Lipinski definition) is 3. The molecule has 3 nitrogen and oxygen atoms in total. The fourth-order valence-electron chi connectivity index (χ4n) is 2.04. The van der Waals surface area contributed by atoms with Gasteiger partial charge >= 0.3 is 7.05 Å². The molecule has 86 valence electrons. The van der Waals surface area contributed by atoms with E-state index in [4.69, 9.17) is 0 Å². The molecule has 1 aliphatic rings. The van der Waals surface area contributed by atoms with E-state index in [0.717, 1.165) is 26.2 Å². The minimum Gasteiger partial charge on any atom is -0.437 e. The summed E-state index contributed by atoms with van der Waals surface area (Å²) in [6, 6.07) is 8.53. The van der Waals surface area contributed by atoms with Crippen LogP contribution in [0, 0.1) is 0 Å². The van der Waals surface area contributed by atoms with Crippen molar-refractivity contribution in [2.45, 2.75) is 6.82 Å². The van der Waals surface area contributed by atoms with Gasteiger partial charge < -0.3 is 14.7 Å². The highest BCUT2D eigenvalue weighted by Gasteiger charge is 2.22. The second-order valence-electron chi connectivity index (χ2n) is 4.25. The van der Waals surface area contributed by atoms with Gasteiger partial charge in [0.25, 0.3) is 0 Å². The van der Waals surface area contributed by atoms with E-state index >= 15 is 0 Å². The standard InChI is InChI=1S/C11H18BN2OP/c1-12(15)14-8-6-13(7-9-14)10-2-4-11(16)5-3-10/h2-5,15H,6-9,16H2,1H3. The fourth-order valence-corrected chi connectivity index (χ4v) is 2.23. The van der Waals surface area contributed by atoms with Crippen molar-refractivity contribution in [3.05, 3.63) is 24.3 Å². The zero-order chi connectivity index (χ0) is 11.5. The molecule has 0 aliphatic carbocycles. The summed E-state index contributed by atoms with van der Waals surface area (Å²) < 4.78 is 0. The average molecular weight is 236 g/mol. The Bertz CT molecular complexity index is 336. The van der Waals surface area contributed by atoms with E-state index in [-0.39, 0.29) is 7.05 Å². The number of anilines is 1. The highest BCUT2D eigenvalue weighted by molar-refractivity contribution is 7.27. The molecule has 1 aromatic rings. The molecule has 0 radical (unpaired) electrons. The summed E-state index contributed by atoms with van der Waals surface area (Å²) in [4.78, 5) is 4.46. The molecule has 0 bridgehead atoms. The van der Waals surface area contributed by atoms with Crippen molar-refractivity contribution in [2.75, 3.05) is 31.1 Å². The Morgan fingerprint density at radius 1 is 1.12 bits per heavy atom. The van der Waals surface area contributed by atoms with E-state index in [2.05, 4.69) is 43.2 Å². The first-order valence-electron chi connectivity index (χ1n) is 5.69. The minimum atomic E-state index is -0.323. The molecule has 2 rings (SSSR count). The van der Waals surface area contributed by atoms with Crippen molar-refractivity contribution >= 4 is 27.3 Å². The van der Waals surface area contributed by atoms with Gasteiger partial charge in [-0.2, -0.15) is 0 Å². The average Bonchev–Trinajstić information content (AvgIpc) is 2.30. The highest BCUT2D eigenvalue weighted by atomic mass is 31.0. The van der Waals surface area contributed by atoms with Gasteiger partial charge in [-0.05, 0) is 24.3 Å². The van der Waals surface area contributed by atoms with Crippen LogP contribution in [0.2, 0.25) is 6.82 Å². The van der Waals surface area contributed by atoms with Gasteiger partial charge in [0.2, 0.25) is 0 Å². The van der Waals surface area contributed by atoms with E-state index in [1.165, 1.54) is 11.0 Å². The Morgan fingerprint density at radius 3 is 2.19 bits per heavy atom. The lowest BCUT2D eigenvalue weighted by Gasteiger charge is -2.36. The van der Waals surface area contributed by atoms with E-state index in [1.54, 1.807) is 0 Å². The van der Waals surface area contributed by atoms with Crippen LogP contribution in [-0.4, -0.2) is 43.1 Å². The molecule has 1 saturated heterocycles. The van der Waals surface area contributed by atoms with Crippen molar-refractivity contribution in [3.63, 3.8) is 0 Å². The molecule has 0 saturated carbocycles. The number of hydrogen-bond donors (Lipinski definition) is 1. The third kappa shape index (κ3) is 2.76. The van der Waals surface area contributed by atoms with Crippen LogP contribution in [0.5, 0.6) is 0 Å². The molecule has 1 aromatic carbocycles. The van der Waals surface area contributed by atoms with E-state index < -0.39 is 0 Å². The van der Waals surface area contributed by atoms with Crippen LogP contribution in [0.4, 0.5) is 5.69 Å². The van der Waals surface area contributed by atoms with Gasteiger partial charge in [-0.25, -0.2) is 0 Å². The smallest absolute Gasteiger partial charge is 0.376 e. The third-order valence-corrected chi connectivity index (χ3v) is 3.49. The highest BCUT2D eigenvalue weighted by Crippen LogP contribution is 2.15. The molecule has 5 heteroatoms. The van der Waals surface area contributed by atoms with E-state index in [0.29, 0.717) is 0 Å². The normalized spacial score (nSPS) is 17.6. The monoisotopic (exact) mass is 236 g/mol. The van der Waals surface area contributed by atoms with Crippen molar-refractivity contribution < 1.29 is 5.02 Å². The topological polar surface area (TPSA) is 26.7 Å². The predicted octanol–water partition coefficient (Wildman–Crippen LogP) is 0.419. The summed E-state index contributed by atoms with van der Waals surface area (Å²) in [7, 11) is 2.38. The minimum absolute atomic E-state index is 0.323. The maximum atomic E-state index is 9.48. The summed E-state index contributed by atoms with van der Waals surface area (Å²) >= 11 is 0. The summed E-state index contributed by atoms with van der Waals surface area (Å²) in [5.74, 6) is 0. The van der Waals surface area contributed by atoms with Gasteiger partial charge in [0.1, 0.15) is 0 Å². The molecule has 1 fully saturated rings. The molecule has 0 aromatic heterocycles. The molecule has 1 aliphatic heterocycles. The fraction of sp³-hybridized carbons (Fsp3) is 0.455. The van der Waals surface area contributed by atoms with Crippen molar-refractivity contribution in [1.29, 1.82) is 0 Å². The zero-order valence-corrected chi connectivity index (χ0v) is 10.8. The van der Waals surface area contributed by atoms with Crippen LogP contribution < -0.4 is 10.2 Å². The summed E-state index contributed by atoms with van der Waals surface area (Å²) in [5.41, 5.74) is 1.27. The molecule has 1 N–H and O–H groups in total. The molecule has 16 heavy (non-hydrogen) atoms. The number of nitrogens with zero attached hydrogens (tertiary/aromatic N) is 2. The Balaban J connectivity index is 1.96. The lowest BCUT2D eigenvalue weighted by atomic mass is 9.84. The lowest BCUT2D eigenvalue weighted by Crippen LogP contribution is -2.51. The van der Waals surface area contributed by atoms with Crippen LogP contribution >= 0.6 is 9.24 Å². The van der Waals surface area contributed by atoms with Gasteiger partial charge in [0.05, 0.1) is 0 Å². The van der Waals surface area contributed by atoms with Gasteiger partial charge in [-0.15, -0.1) is 9.24 Å². The first-order valence-corrected chi connectivity index (χ1v) is 6.27. The largest absolute Gasteiger partial charge is 0.437 e. The number of piperazine rings is 1.